The fourth-order valence-electron chi connectivity index (χ4n) is 1.97. The lowest BCUT2D eigenvalue weighted by atomic mass is 10.1. The number of halogens is 1. The van der Waals surface area contributed by atoms with E-state index in [2.05, 4.69) is 5.32 Å². The summed E-state index contributed by atoms with van der Waals surface area (Å²) in [6, 6.07) is 12.2. The molecule has 2 aromatic carbocycles. The van der Waals surface area contributed by atoms with Crippen LogP contribution in [0.25, 0.3) is 0 Å². The van der Waals surface area contributed by atoms with Gasteiger partial charge >= 0.3 is 0 Å². The van der Waals surface area contributed by atoms with Crippen LogP contribution in [-0.4, -0.2) is 19.1 Å². The third kappa shape index (κ3) is 3.92. The molecular formula is C17H18ClNO3. The highest BCUT2D eigenvalue weighted by Gasteiger charge is 2.15. The maximum Gasteiger partial charge on any atom is 0.259 e. The minimum atomic E-state index is -0.278. The second-order valence-electron chi connectivity index (χ2n) is 4.46. The second kappa shape index (κ2) is 7.71. The largest absolute Gasteiger partial charge is 0.494 e. The highest BCUT2D eigenvalue weighted by molar-refractivity contribution is 6.33. The molecule has 4 nitrogen and oxygen atoms in total. The van der Waals surface area contributed by atoms with Gasteiger partial charge in [0.25, 0.3) is 5.91 Å². The zero-order chi connectivity index (χ0) is 15.9. The van der Waals surface area contributed by atoms with Crippen molar-refractivity contribution in [2.24, 2.45) is 0 Å². The number of carbonyl (C=O) groups excluding carboxylic acids is 1. The van der Waals surface area contributed by atoms with E-state index >= 15 is 0 Å². The number of nitrogens with one attached hydrogen (secondary N) is 1. The van der Waals surface area contributed by atoms with Gasteiger partial charge in [0, 0.05) is 6.07 Å². The Labute approximate surface area is 135 Å². The number of rotatable bonds is 6. The summed E-state index contributed by atoms with van der Waals surface area (Å²) in [6.07, 6.45) is 0. The zero-order valence-corrected chi connectivity index (χ0v) is 13.3. The molecule has 0 unspecified atom stereocenters. The summed E-state index contributed by atoms with van der Waals surface area (Å²) >= 11 is 6.06. The van der Waals surface area contributed by atoms with E-state index in [1.165, 1.54) is 0 Å². The molecule has 2 aromatic rings. The Hall–Kier alpha value is -2.20. The Kier molecular flexibility index (Phi) is 5.67. The molecule has 1 amide bonds. The van der Waals surface area contributed by atoms with E-state index in [4.69, 9.17) is 21.1 Å². The molecule has 0 saturated heterocycles. The Balaban J connectivity index is 2.26. The third-order valence-corrected chi connectivity index (χ3v) is 3.26. The molecule has 0 bridgehead atoms. The molecule has 22 heavy (non-hydrogen) atoms. The van der Waals surface area contributed by atoms with E-state index in [9.17, 15) is 4.79 Å². The number of para-hydroxylation sites is 1. The molecule has 0 aromatic heterocycles. The predicted octanol–water partition coefficient (Wildman–Crippen LogP) is 4.39. The number of hydrogen-bond donors (Lipinski definition) is 1. The molecule has 0 aliphatic carbocycles. The van der Waals surface area contributed by atoms with E-state index in [0.29, 0.717) is 41.0 Å². The SMILES string of the molecule is CCOc1ccc(C(=O)Nc2ccccc2Cl)c(OCC)c1. The van der Waals surface area contributed by atoms with Crippen LogP contribution in [0.1, 0.15) is 24.2 Å². The van der Waals surface area contributed by atoms with Crippen LogP contribution in [-0.2, 0) is 0 Å². The summed E-state index contributed by atoms with van der Waals surface area (Å²) in [4.78, 5) is 12.4. The minimum Gasteiger partial charge on any atom is -0.494 e. The molecule has 0 saturated carbocycles. The Morgan fingerprint density at radius 3 is 2.50 bits per heavy atom. The maximum absolute atomic E-state index is 12.4. The quantitative estimate of drug-likeness (QED) is 0.859. The first-order valence-corrected chi connectivity index (χ1v) is 7.49. The monoisotopic (exact) mass is 319 g/mol. The van der Waals surface area contributed by atoms with Crippen molar-refractivity contribution in [3.8, 4) is 11.5 Å². The summed E-state index contributed by atoms with van der Waals surface area (Å²) in [5.41, 5.74) is 0.996. The molecule has 0 radical (unpaired) electrons. The lowest BCUT2D eigenvalue weighted by Crippen LogP contribution is -2.14. The molecule has 116 valence electrons. The van der Waals surface area contributed by atoms with Crippen LogP contribution in [0.3, 0.4) is 0 Å². The van der Waals surface area contributed by atoms with E-state index in [1.54, 1.807) is 36.4 Å². The highest BCUT2D eigenvalue weighted by Crippen LogP contribution is 2.27. The first-order valence-electron chi connectivity index (χ1n) is 7.11. The normalized spacial score (nSPS) is 10.1. The van der Waals surface area contributed by atoms with Crippen LogP contribution in [0.4, 0.5) is 5.69 Å². The fourth-order valence-corrected chi connectivity index (χ4v) is 2.16. The summed E-state index contributed by atoms with van der Waals surface area (Å²) in [7, 11) is 0. The van der Waals surface area contributed by atoms with Gasteiger partial charge in [0.1, 0.15) is 11.5 Å². The van der Waals surface area contributed by atoms with Crippen LogP contribution < -0.4 is 14.8 Å². The zero-order valence-electron chi connectivity index (χ0n) is 12.6. The summed E-state index contributed by atoms with van der Waals surface area (Å²) in [5.74, 6) is 0.873. The lowest BCUT2D eigenvalue weighted by molar-refractivity contribution is 0.102. The van der Waals surface area contributed by atoms with Gasteiger partial charge in [0.05, 0.1) is 29.5 Å². The van der Waals surface area contributed by atoms with Crippen molar-refractivity contribution >= 4 is 23.2 Å². The van der Waals surface area contributed by atoms with Gasteiger partial charge in [-0.1, -0.05) is 23.7 Å². The van der Waals surface area contributed by atoms with Crippen molar-refractivity contribution in [1.29, 1.82) is 0 Å². The number of amides is 1. The van der Waals surface area contributed by atoms with Crippen molar-refractivity contribution in [2.75, 3.05) is 18.5 Å². The number of carbonyl (C=O) groups is 1. The second-order valence-corrected chi connectivity index (χ2v) is 4.87. The van der Waals surface area contributed by atoms with E-state index in [0.717, 1.165) is 0 Å². The molecule has 5 heteroatoms. The number of ether oxygens (including phenoxy) is 2. The number of anilines is 1. The molecule has 0 heterocycles. The number of hydrogen-bond acceptors (Lipinski definition) is 3. The van der Waals surface area contributed by atoms with Gasteiger partial charge in [-0.05, 0) is 38.1 Å². The summed E-state index contributed by atoms with van der Waals surface area (Å²) < 4.78 is 11.0. The molecule has 0 aliphatic rings. The Bertz CT molecular complexity index is 658. The standard InChI is InChI=1S/C17H18ClNO3/c1-3-21-12-9-10-13(16(11-12)22-4-2)17(20)19-15-8-6-5-7-14(15)18/h5-11H,3-4H2,1-2H3,(H,19,20). The average molecular weight is 320 g/mol. The lowest BCUT2D eigenvalue weighted by Gasteiger charge is -2.13. The van der Waals surface area contributed by atoms with E-state index < -0.39 is 0 Å². The van der Waals surface area contributed by atoms with Gasteiger partial charge in [-0.25, -0.2) is 0 Å². The average Bonchev–Trinajstić information content (AvgIpc) is 2.50. The minimum absolute atomic E-state index is 0.278. The van der Waals surface area contributed by atoms with Crippen LogP contribution in [0.15, 0.2) is 42.5 Å². The van der Waals surface area contributed by atoms with Crippen molar-refractivity contribution in [3.05, 3.63) is 53.1 Å². The molecule has 0 aliphatic heterocycles. The van der Waals surface area contributed by atoms with Gasteiger partial charge in [0.15, 0.2) is 0 Å². The Morgan fingerprint density at radius 2 is 1.82 bits per heavy atom. The van der Waals surface area contributed by atoms with Crippen LogP contribution in [0.2, 0.25) is 5.02 Å². The van der Waals surface area contributed by atoms with Crippen molar-refractivity contribution in [1.82, 2.24) is 0 Å². The topological polar surface area (TPSA) is 47.6 Å². The van der Waals surface area contributed by atoms with Crippen molar-refractivity contribution in [3.63, 3.8) is 0 Å². The van der Waals surface area contributed by atoms with Crippen molar-refractivity contribution in [2.45, 2.75) is 13.8 Å². The predicted molar refractivity (Wildman–Crippen MR) is 88.2 cm³/mol. The summed E-state index contributed by atoms with van der Waals surface area (Å²) in [6.45, 7) is 4.78. The summed E-state index contributed by atoms with van der Waals surface area (Å²) in [5, 5.41) is 3.27. The molecule has 1 N–H and O–H groups in total. The molecule has 0 spiro atoms. The van der Waals surface area contributed by atoms with Gasteiger partial charge < -0.3 is 14.8 Å². The van der Waals surface area contributed by atoms with Gasteiger partial charge in [0.2, 0.25) is 0 Å². The highest BCUT2D eigenvalue weighted by atomic mass is 35.5. The van der Waals surface area contributed by atoms with Crippen LogP contribution >= 0.6 is 11.6 Å². The first kappa shape index (κ1) is 16.2. The van der Waals surface area contributed by atoms with Crippen molar-refractivity contribution < 1.29 is 14.3 Å². The van der Waals surface area contributed by atoms with Crippen LogP contribution in [0, 0.1) is 0 Å². The van der Waals surface area contributed by atoms with Gasteiger partial charge in [-0.15, -0.1) is 0 Å². The van der Waals surface area contributed by atoms with E-state index in [1.807, 2.05) is 19.9 Å². The van der Waals surface area contributed by atoms with Gasteiger partial charge in [-0.2, -0.15) is 0 Å². The van der Waals surface area contributed by atoms with E-state index in [-0.39, 0.29) is 5.91 Å². The van der Waals surface area contributed by atoms with Gasteiger partial charge in [-0.3, -0.25) is 4.79 Å². The molecule has 2 rings (SSSR count). The Morgan fingerprint density at radius 1 is 1.09 bits per heavy atom. The third-order valence-electron chi connectivity index (χ3n) is 2.93. The molecule has 0 fully saturated rings. The first-order chi connectivity index (χ1) is 10.7. The molecule has 0 atom stereocenters. The maximum atomic E-state index is 12.4. The molecular weight excluding hydrogens is 302 g/mol. The van der Waals surface area contributed by atoms with Crippen LogP contribution in [0.5, 0.6) is 11.5 Å². The fraction of sp³-hybridized carbons (Fsp3) is 0.235. The number of benzene rings is 2. The smallest absolute Gasteiger partial charge is 0.259 e.